The SMILES string of the molecule is CC(C)(C)OC(=O)N1C(C)(C)C(N)C(O)C1(C)C. The molecule has 3 N–H and O–H groups in total. The van der Waals surface area contributed by atoms with E-state index >= 15 is 0 Å². The zero-order valence-corrected chi connectivity index (χ0v) is 12.4. The molecule has 1 amide bonds. The number of rotatable bonds is 0. The van der Waals surface area contributed by atoms with Crippen molar-refractivity contribution in [3.05, 3.63) is 0 Å². The second-order valence-corrected chi connectivity index (χ2v) is 7.09. The maximum atomic E-state index is 12.3. The third-order valence-electron chi connectivity index (χ3n) is 3.61. The molecular weight excluding hydrogens is 232 g/mol. The highest BCUT2D eigenvalue weighted by atomic mass is 16.6. The van der Waals surface area contributed by atoms with Gasteiger partial charge in [0.05, 0.1) is 23.2 Å². The van der Waals surface area contributed by atoms with Crippen LogP contribution in [0.4, 0.5) is 4.79 Å². The summed E-state index contributed by atoms with van der Waals surface area (Å²) in [6.45, 7) is 12.7. The fourth-order valence-electron chi connectivity index (χ4n) is 2.63. The van der Waals surface area contributed by atoms with Gasteiger partial charge in [-0.3, -0.25) is 4.90 Å². The molecule has 1 heterocycles. The summed E-state index contributed by atoms with van der Waals surface area (Å²) >= 11 is 0. The van der Waals surface area contributed by atoms with Crippen molar-refractivity contribution in [2.75, 3.05) is 0 Å². The Balaban J connectivity index is 3.09. The molecule has 0 aromatic rings. The minimum absolute atomic E-state index is 0.440. The van der Waals surface area contributed by atoms with Crippen molar-refractivity contribution < 1.29 is 14.6 Å². The van der Waals surface area contributed by atoms with Gasteiger partial charge in [-0.1, -0.05) is 0 Å². The first-order valence-corrected chi connectivity index (χ1v) is 6.29. The van der Waals surface area contributed by atoms with Crippen LogP contribution in [0, 0.1) is 0 Å². The zero-order valence-electron chi connectivity index (χ0n) is 12.4. The van der Waals surface area contributed by atoms with E-state index in [0.717, 1.165) is 0 Å². The lowest BCUT2D eigenvalue weighted by atomic mass is 9.92. The van der Waals surface area contributed by atoms with E-state index in [4.69, 9.17) is 10.5 Å². The average Bonchev–Trinajstić information content (AvgIpc) is 2.21. The van der Waals surface area contributed by atoms with Gasteiger partial charge in [0.1, 0.15) is 5.60 Å². The molecule has 18 heavy (non-hydrogen) atoms. The number of aliphatic hydroxyl groups excluding tert-OH is 1. The first kappa shape index (κ1) is 15.2. The van der Waals surface area contributed by atoms with Crippen LogP contribution in [0.1, 0.15) is 48.5 Å². The Kier molecular flexibility index (Phi) is 3.47. The summed E-state index contributed by atoms with van der Waals surface area (Å²) in [7, 11) is 0. The van der Waals surface area contributed by atoms with E-state index in [1.165, 1.54) is 0 Å². The first-order chi connectivity index (χ1) is 7.82. The largest absolute Gasteiger partial charge is 0.444 e. The highest BCUT2D eigenvalue weighted by Crippen LogP contribution is 2.41. The highest BCUT2D eigenvalue weighted by Gasteiger charge is 2.59. The molecular formula is C13H26N2O3. The van der Waals surface area contributed by atoms with Gasteiger partial charge in [0, 0.05) is 0 Å². The molecule has 1 aliphatic heterocycles. The summed E-state index contributed by atoms with van der Waals surface area (Å²) in [5, 5.41) is 10.2. The maximum absolute atomic E-state index is 12.3. The first-order valence-electron chi connectivity index (χ1n) is 6.29. The van der Waals surface area contributed by atoms with Gasteiger partial charge < -0.3 is 15.6 Å². The molecule has 0 bridgehead atoms. The molecule has 5 nitrogen and oxygen atoms in total. The van der Waals surface area contributed by atoms with Crippen molar-refractivity contribution in [2.24, 2.45) is 5.73 Å². The van der Waals surface area contributed by atoms with Crippen LogP contribution < -0.4 is 5.73 Å². The molecule has 0 aromatic carbocycles. The quantitative estimate of drug-likeness (QED) is 0.690. The number of amides is 1. The van der Waals surface area contributed by atoms with Gasteiger partial charge in [-0.2, -0.15) is 0 Å². The fourth-order valence-corrected chi connectivity index (χ4v) is 2.63. The molecule has 1 fully saturated rings. The van der Waals surface area contributed by atoms with E-state index in [1.807, 2.05) is 34.6 Å². The number of nitrogens with zero attached hydrogens (tertiary/aromatic N) is 1. The lowest BCUT2D eigenvalue weighted by Crippen LogP contribution is -2.56. The number of aliphatic hydroxyl groups is 1. The van der Waals surface area contributed by atoms with Crippen LogP contribution in [0.3, 0.4) is 0 Å². The smallest absolute Gasteiger partial charge is 0.411 e. The monoisotopic (exact) mass is 258 g/mol. The van der Waals surface area contributed by atoms with Gasteiger partial charge in [-0.05, 0) is 48.5 Å². The predicted octanol–water partition coefficient (Wildman–Crippen LogP) is 1.48. The molecule has 1 rings (SSSR count). The Hall–Kier alpha value is -0.810. The van der Waals surface area contributed by atoms with Gasteiger partial charge in [-0.15, -0.1) is 0 Å². The molecule has 0 aromatic heterocycles. The second kappa shape index (κ2) is 4.10. The number of hydrogen-bond acceptors (Lipinski definition) is 4. The van der Waals surface area contributed by atoms with E-state index < -0.39 is 34.9 Å². The number of likely N-dealkylation sites (tertiary alicyclic amines) is 1. The number of carbonyl (C=O) groups is 1. The zero-order chi connectivity index (χ0) is 14.5. The molecule has 2 atom stereocenters. The summed E-state index contributed by atoms with van der Waals surface area (Å²) < 4.78 is 5.41. The second-order valence-electron chi connectivity index (χ2n) is 7.09. The van der Waals surface area contributed by atoms with Crippen LogP contribution in [0.15, 0.2) is 0 Å². The number of carbonyl (C=O) groups excluding carboxylic acids is 1. The number of nitrogens with two attached hydrogens (primary N) is 1. The van der Waals surface area contributed by atoms with Crippen molar-refractivity contribution in [3.8, 4) is 0 Å². The van der Waals surface area contributed by atoms with Crippen molar-refractivity contribution in [1.82, 2.24) is 4.90 Å². The summed E-state index contributed by atoms with van der Waals surface area (Å²) in [6.07, 6.45) is -1.22. The van der Waals surface area contributed by atoms with Crippen LogP contribution in [0.5, 0.6) is 0 Å². The predicted molar refractivity (Wildman–Crippen MR) is 70.2 cm³/mol. The van der Waals surface area contributed by atoms with Crippen molar-refractivity contribution >= 4 is 6.09 Å². The summed E-state index contributed by atoms with van der Waals surface area (Å²) in [6, 6.07) is -0.500. The van der Waals surface area contributed by atoms with Crippen molar-refractivity contribution in [2.45, 2.75) is 77.3 Å². The summed E-state index contributed by atoms with van der Waals surface area (Å²) in [5.41, 5.74) is 4.06. The van der Waals surface area contributed by atoms with E-state index in [9.17, 15) is 9.90 Å². The summed E-state index contributed by atoms with van der Waals surface area (Å²) in [5.74, 6) is 0. The topological polar surface area (TPSA) is 75.8 Å². The van der Waals surface area contributed by atoms with Crippen molar-refractivity contribution in [1.29, 1.82) is 0 Å². The average molecular weight is 258 g/mol. The molecule has 106 valence electrons. The Labute approximate surface area is 109 Å². The molecule has 0 radical (unpaired) electrons. The Morgan fingerprint density at radius 1 is 1.22 bits per heavy atom. The molecule has 1 aliphatic rings. The number of ether oxygens (including phenoxy) is 1. The van der Waals surface area contributed by atoms with E-state index in [1.54, 1.807) is 18.7 Å². The van der Waals surface area contributed by atoms with E-state index in [0.29, 0.717) is 0 Å². The van der Waals surface area contributed by atoms with Crippen LogP contribution in [0.25, 0.3) is 0 Å². The third kappa shape index (κ3) is 2.34. The lowest BCUT2D eigenvalue weighted by Gasteiger charge is -2.41. The third-order valence-corrected chi connectivity index (χ3v) is 3.61. The van der Waals surface area contributed by atoms with E-state index in [2.05, 4.69) is 0 Å². The van der Waals surface area contributed by atoms with Crippen LogP contribution >= 0.6 is 0 Å². The van der Waals surface area contributed by atoms with Gasteiger partial charge >= 0.3 is 6.09 Å². The Morgan fingerprint density at radius 3 is 1.94 bits per heavy atom. The van der Waals surface area contributed by atoms with Crippen LogP contribution in [0.2, 0.25) is 0 Å². The van der Waals surface area contributed by atoms with Gasteiger partial charge in [0.15, 0.2) is 0 Å². The standard InChI is InChI=1S/C13H26N2O3/c1-11(2,3)18-10(17)15-12(4,5)8(14)9(16)13(15,6)7/h8-9,16H,14H2,1-7H3. The minimum atomic E-state index is -0.778. The maximum Gasteiger partial charge on any atom is 0.411 e. The molecule has 5 heteroatoms. The molecule has 1 saturated heterocycles. The molecule has 0 aliphatic carbocycles. The van der Waals surface area contributed by atoms with Gasteiger partial charge in [-0.25, -0.2) is 4.79 Å². The van der Waals surface area contributed by atoms with E-state index in [-0.39, 0.29) is 0 Å². The minimum Gasteiger partial charge on any atom is -0.444 e. The van der Waals surface area contributed by atoms with Crippen molar-refractivity contribution in [3.63, 3.8) is 0 Å². The Morgan fingerprint density at radius 2 is 1.67 bits per heavy atom. The fraction of sp³-hybridized carbons (Fsp3) is 0.923. The molecule has 0 saturated carbocycles. The van der Waals surface area contributed by atoms with Gasteiger partial charge in [0.2, 0.25) is 0 Å². The number of hydrogen-bond donors (Lipinski definition) is 2. The molecule has 0 spiro atoms. The molecule has 2 unspecified atom stereocenters. The lowest BCUT2D eigenvalue weighted by molar-refractivity contribution is -0.0204. The highest BCUT2D eigenvalue weighted by molar-refractivity contribution is 5.71. The van der Waals surface area contributed by atoms with Gasteiger partial charge in [0.25, 0.3) is 0 Å². The van der Waals surface area contributed by atoms with Crippen LogP contribution in [-0.4, -0.2) is 44.9 Å². The van der Waals surface area contributed by atoms with Crippen LogP contribution in [-0.2, 0) is 4.74 Å². The normalized spacial score (nSPS) is 30.4. The Bertz CT molecular complexity index is 325. The summed E-state index contributed by atoms with van der Waals surface area (Å²) in [4.78, 5) is 13.9.